The van der Waals surface area contributed by atoms with Crippen molar-refractivity contribution in [3.05, 3.63) is 36.0 Å². The molecular formula is C14H16N2O2. The maximum absolute atomic E-state index is 5.98. The molecule has 1 aromatic heterocycles. The van der Waals surface area contributed by atoms with E-state index in [1.807, 2.05) is 37.3 Å². The average molecular weight is 244 g/mol. The number of ether oxygens (including phenoxy) is 2. The predicted octanol–water partition coefficient (Wildman–Crippen LogP) is 2.66. The Labute approximate surface area is 106 Å². The molecule has 0 saturated carbocycles. The van der Waals surface area contributed by atoms with Crippen LogP contribution in [0.5, 0.6) is 11.5 Å². The molecule has 0 atom stereocenters. The summed E-state index contributed by atoms with van der Waals surface area (Å²) < 4.78 is 10.6. The monoisotopic (exact) mass is 244 g/mol. The van der Waals surface area contributed by atoms with Gasteiger partial charge in [-0.05, 0) is 19.1 Å². The first-order valence-electron chi connectivity index (χ1n) is 5.62. The SMILES string of the molecule is COc1ccccc1-c1cc(OC)c(C)nc1N. The fraction of sp³-hybridized carbons (Fsp3) is 0.214. The van der Waals surface area contributed by atoms with E-state index in [1.54, 1.807) is 14.2 Å². The van der Waals surface area contributed by atoms with Crippen LogP contribution in [-0.4, -0.2) is 19.2 Å². The molecule has 0 aliphatic heterocycles. The molecule has 0 bridgehead atoms. The molecule has 0 radical (unpaired) electrons. The van der Waals surface area contributed by atoms with Crippen molar-refractivity contribution < 1.29 is 9.47 Å². The molecule has 18 heavy (non-hydrogen) atoms. The van der Waals surface area contributed by atoms with Gasteiger partial charge in [-0.2, -0.15) is 0 Å². The zero-order valence-corrected chi connectivity index (χ0v) is 10.7. The second kappa shape index (κ2) is 4.96. The van der Waals surface area contributed by atoms with Gasteiger partial charge in [-0.3, -0.25) is 0 Å². The van der Waals surface area contributed by atoms with Gasteiger partial charge in [0.2, 0.25) is 0 Å². The highest BCUT2D eigenvalue weighted by molar-refractivity contribution is 5.79. The lowest BCUT2D eigenvalue weighted by molar-refractivity contribution is 0.409. The Hall–Kier alpha value is -2.23. The summed E-state index contributed by atoms with van der Waals surface area (Å²) in [5.41, 5.74) is 8.47. The topological polar surface area (TPSA) is 57.4 Å². The average Bonchev–Trinajstić information content (AvgIpc) is 2.39. The molecular weight excluding hydrogens is 228 g/mol. The van der Waals surface area contributed by atoms with Crippen molar-refractivity contribution in [1.29, 1.82) is 0 Å². The van der Waals surface area contributed by atoms with Gasteiger partial charge in [-0.25, -0.2) is 4.98 Å². The maximum atomic E-state index is 5.98. The standard InChI is InChI=1S/C14H16N2O2/c1-9-13(18-3)8-11(14(15)16-9)10-6-4-5-7-12(10)17-2/h4-8H,1-3H3,(H2,15,16). The van der Waals surface area contributed by atoms with Gasteiger partial charge < -0.3 is 15.2 Å². The molecule has 1 heterocycles. The smallest absolute Gasteiger partial charge is 0.140 e. The van der Waals surface area contributed by atoms with E-state index in [-0.39, 0.29) is 0 Å². The van der Waals surface area contributed by atoms with E-state index in [9.17, 15) is 0 Å². The van der Waals surface area contributed by atoms with E-state index in [2.05, 4.69) is 4.98 Å². The van der Waals surface area contributed by atoms with Crippen LogP contribution in [0.25, 0.3) is 11.1 Å². The van der Waals surface area contributed by atoms with E-state index < -0.39 is 0 Å². The van der Waals surface area contributed by atoms with Crippen LogP contribution in [0.1, 0.15) is 5.69 Å². The van der Waals surface area contributed by atoms with Crippen LogP contribution < -0.4 is 15.2 Å². The summed E-state index contributed by atoms with van der Waals surface area (Å²) in [6.07, 6.45) is 0. The van der Waals surface area contributed by atoms with Gasteiger partial charge in [0.25, 0.3) is 0 Å². The van der Waals surface area contributed by atoms with E-state index >= 15 is 0 Å². The Morgan fingerprint density at radius 3 is 2.33 bits per heavy atom. The quantitative estimate of drug-likeness (QED) is 0.901. The van der Waals surface area contributed by atoms with Gasteiger partial charge in [-0.1, -0.05) is 18.2 Å². The zero-order valence-electron chi connectivity index (χ0n) is 10.7. The number of nitrogen functional groups attached to an aromatic ring is 1. The molecule has 0 saturated heterocycles. The van der Waals surface area contributed by atoms with Crippen LogP contribution in [0.2, 0.25) is 0 Å². The first-order valence-corrected chi connectivity index (χ1v) is 5.62. The number of nitrogens with zero attached hydrogens (tertiary/aromatic N) is 1. The fourth-order valence-corrected chi connectivity index (χ4v) is 1.89. The molecule has 2 aromatic rings. The number of anilines is 1. The predicted molar refractivity (Wildman–Crippen MR) is 71.9 cm³/mol. The summed E-state index contributed by atoms with van der Waals surface area (Å²) in [7, 11) is 3.25. The number of pyridine rings is 1. The molecule has 2 N–H and O–H groups in total. The number of aromatic nitrogens is 1. The van der Waals surface area contributed by atoms with Crippen molar-refractivity contribution in [2.45, 2.75) is 6.92 Å². The summed E-state index contributed by atoms with van der Waals surface area (Å²) in [5.74, 6) is 1.94. The molecule has 4 nitrogen and oxygen atoms in total. The van der Waals surface area contributed by atoms with Gasteiger partial charge in [0.15, 0.2) is 0 Å². The van der Waals surface area contributed by atoms with E-state index in [0.717, 1.165) is 22.6 Å². The third-order valence-electron chi connectivity index (χ3n) is 2.81. The number of benzene rings is 1. The Balaban J connectivity index is 2.63. The third kappa shape index (κ3) is 2.09. The molecule has 94 valence electrons. The normalized spacial score (nSPS) is 10.2. The summed E-state index contributed by atoms with van der Waals surface area (Å²) in [6.45, 7) is 1.86. The van der Waals surface area contributed by atoms with Crippen molar-refractivity contribution in [3.63, 3.8) is 0 Å². The molecule has 0 aliphatic rings. The van der Waals surface area contributed by atoms with Crippen molar-refractivity contribution in [1.82, 2.24) is 4.98 Å². The van der Waals surface area contributed by atoms with E-state index in [4.69, 9.17) is 15.2 Å². The number of rotatable bonds is 3. The highest BCUT2D eigenvalue weighted by Crippen LogP contribution is 2.35. The minimum absolute atomic E-state index is 0.470. The molecule has 0 unspecified atom stereocenters. The van der Waals surface area contributed by atoms with E-state index in [1.165, 1.54) is 0 Å². The lowest BCUT2D eigenvalue weighted by Gasteiger charge is -2.13. The maximum Gasteiger partial charge on any atom is 0.140 e. The lowest BCUT2D eigenvalue weighted by Crippen LogP contribution is -2.00. The van der Waals surface area contributed by atoms with Crippen molar-refractivity contribution in [2.75, 3.05) is 20.0 Å². The summed E-state index contributed by atoms with van der Waals surface area (Å²) in [5, 5.41) is 0. The summed E-state index contributed by atoms with van der Waals surface area (Å²) >= 11 is 0. The first-order chi connectivity index (χ1) is 8.67. The Morgan fingerprint density at radius 2 is 1.67 bits per heavy atom. The van der Waals surface area contributed by atoms with Gasteiger partial charge in [0.1, 0.15) is 17.3 Å². The fourth-order valence-electron chi connectivity index (χ4n) is 1.89. The van der Waals surface area contributed by atoms with Crippen LogP contribution in [0.4, 0.5) is 5.82 Å². The highest BCUT2D eigenvalue weighted by Gasteiger charge is 2.12. The van der Waals surface area contributed by atoms with Gasteiger partial charge in [-0.15, -0.1) is 0 Å². The zero-order chi connectivity index (χ0) is 13.1. The summed E-state index contributed by atoms with van der Waals surface area (Å²) in [4.78, 5) is 4.29. The van der Waals surface area contributed by atoms with Crippen LogP contribution in [0.15, 0.2) is 30.3 Å². The highest BCUT2D eigenvalue weighted by atomic mass is 16.5. The third-order valence-corrected chi connectivity index (χ3v) is 2.81. The Kier molecular flexibility index (Phi) is 3.37. The Bertz CT molecular complexity index is 568. The van der Waals surface area contributed by atoms with Gasteiger partial charge in [0, 0.05) is 11.1 Å². The number of hydrogen-bond donors (Lipinski definition) is 1. The van der Waals surface area contributed by atoms with E-state index in [0.29, 0.717) is 11.6 Å². The van der Waals surface area contributed by atoms with Gasteiger partial charge in [0.05, 0.1) is 19.9 Å². The molecule has 1 aromatic carbocycles. The van der Waals surface area contributed by atoms with Crippen molar-refractivity contribution in [2.24, 2.45) is 0 Å². The molecule has 0 amide bonds. The molecule has 0 fully saturated rings. The number of para-hydroxylation sites is 1. The van der Waals surface area contributed by atoms with Crippen molar-refractivity contribution in [3.8, 4) is 22.6 Å². The van der Waals surface area contributed by atoms with Crippen LogP contribution in [0.3, 0.4) is 0 Å². The summed E-state index contributed by atoms with van der Waals surface area (Å²) in [6, 6.07) is 9.57. The minimum atomic E-state index is 0.470. The number of nitrogens with two attached hydrogens (primary N) is 1. The molecule has 0 spiro atoms. The van der Waals surface area contributed by atoms with Gasteiger partial charge >= 0.3 is 0 Å². The second-order valence-corrected chi connectivity index (χ2v) is 3.91. The van der Waals surface area contributed by atoms with Crippen LogP contribution >= 0.6 is 0 Å². The first kappa shape index (κ1) is 12.2. The second-order valence-electron chi connectivity index (χ2n) is 3.91. The largest absolute Gasteiger partial charge is 0.496 e. The number of aryl methyl sites for hydroxylation is 1. The van der Waals surface area contributed by atoms with Crippen LogP contribution in [0, 0.1) is 6.92 Å². The molecule has 2 rings (SSSR count). The number of methoxy groups -OCH3 is 2. The lowest BCUT2D eigenvalue weighted by atomic mass is 10.0. The number of hydrogen-bond acceptors (Lipinski definition) is 4. The molecule has 4 heteroatoms. The van der Waals surface area contributed by atoms with Crippen LogP contribution in [-0.2, 0) is 0 Å². The molecule has 0 aliphatic carbocycles. The van der Waals surface area contributed by atoms with Crippen molar-refractivity contribution >= 4 is 5.82 Å². The minimum Gasteiger partial charge on any atom is -0.496 e. The Morgan fingerprint density at radius 1 is 1.00 bits per heavy atom.